The molecule has 0 amide bonds. The Morgan fingerprint density at radius 1 is 1.18 bits per heavy atom. The van der Waals surface area contributed by atoms with E-state index in [9.17, 15) is 0 Å². The van der Waals surface area contributed by atoms with Crippen LogP contribution in [0.5, 0.6) is 0 Å². The predicted molar refractivity (Wildman–Crippen MR) is 73.6 cm³/mol. The molecule has 0 radical (unpaired) electrons. The van der Waals surface area contributed by atoms with Crippen molar-refractivity contribution in [3.63, 3.8) is 0 Å². The van der Waals surface area contributed by atoms with Gasteiger partial charge in [-0.25, -0.2) is 0 Å². The molecular weight excluding hydrogens is 210 g/mol. The zero-order valence-electron chi connectivity index (χ0n) is 11.5. The summed E-state index contributed by atoms with van der Waals surface area (Å²) in [4.78, 5) is 0. The molecule has 1 rings (SSSR count). The maximum absolute atomic E-state index is 5.05. The molecule has 0 aliphatic carbocycles. The highest BCUT2D eigenvalue weighted by Gasteiger charge is 2.13. The zero-order chi connectivity index (χ0) is 12.7. The van der Waals surface area contributed by atoms with E-state index in [0.29, 0.717) is 12.0 Å². The van der Waals surface area contributed by atoms with Gasteiger partial charge in [0.2, 0.25) is 0 Å². The fraction of sp³-hybridized carbons (Fsp3) is 0.600. The summed E-state index contributed by atoms with van der Waals surface area (Å²) in [5, 5.41) is 3.49. The maximum atomic E-state index is 5.05. The third kappa shape index (κ3) is 4.49. The fourth-order valence-corrected chi connectivity index (χ4v) is 1.91. The van der Waals surface area contributed by atoms with Crippen LogP contribution in [-0.4, -0.2) is 26.3 Å². The highest BCUT2D eigenvalue weighted by Crippen LogP contribution is 2.19. The van der Waals surface area contributed by atoms with Crippen molar-refractivity contribution in [2.24, 2.45) is 0 Å². The van der Waals surface area contributed by atoms with Crippen LogP contribution in [0, 0.1) is 0 Å². The molecule has 0 heterocycles. The second kappa shape index (κ2) is 7.46. The van der Waals surface area contributed by atoms with E-state index in [1.54, 1.807) is 7.11 Å². The van der Waals surface area contributed by atoms with Gasteiger partial charge in [-0.2, -0.15) is 0 Å². The Morgan fingerprint density at radius 3 is 2.35 bits per heavy atom. The van der Waals surface area contributed by atoms with Crippen LogP contribution in [0.3, 0.4) is 0 Å². The second-order valence-corrected chi connectivity index (χ2v) is 4.62. The molecule has 1 N–H and O–H groups in total. The molecule has 2 heteroatoms. The molecule has 0 spiro atoms. The lowest BCUT2D eigenvalue weighted by Crippen LogP contribution is -2.33. The standard InChI is InChI=1S/C15H25NO/c1-5-14-6-8-15(9-7-14)12(2)13(3)16-10-11-17-4/h6-9,12-13,16H,5,10-11H2,1-4H3. The van der Waals surface area contributed by atoms with Crippen LogP contribution in [0.15, 0.2) is 24.3 Å². The summed E-state index contributed by atoms with van der Waals surface area (Å²) < 4.78 is 5.05. The van der Waals surface area contributed by atoms with Crippen molar-refractivity contribution in [1.29, 1.82) is 0 Å². The van der Waals surface area contributed by atoms with Crippen molar-refractivity contribution in [2.45, 2.75) is 39.2 Å². The Hall–Kier alpha value is -0.860. The summed E-state index contributed by atoms with van der Waals surface area (Å²) in [5.41, 5.74) is 2.81. The van der Waals surface area contributed by atoms with Crippen molar-refractivity contribution in [3.8, 4) is 0 Å². The smallest absolute Gasteiger partial charge is 0.0587 e. The minimum absolute atomic E-state index is 0.470. The minimum atomic E-state index is 0.470. The quantitative estimate of drug-likeness (QED) is 0.734. The Bertz CT molecular complexity index is 307. The molecule has 2 nitrogen and oxygen atoms in total. The number of nitrogens with one attached hydrogen (secondary N) is 1. The molecule has 0 aliphatic rings. The Labute approximate surface area is 105 Å². The Balaban J connectivity index is 2.52. The number of ether oxygens (including phenoxy) is 1. The highest BCUT2D eigenvalue weighted by molar-refractivity contribution is 5.25. The minimum Gasteiger partial charge on any atom is -0.383 e. The van der Waals surface area contributed by atoms with Crippen LogP contribution in [0.25, 0.3) is 0 Å². The molecule has 1 aromatic rings. The summed E-state index contributed by atoms with van der Waals surface area (Å²) in [7, 11) is 1.74. The van der Waals surface area contributed by atoms with E-state index in [2.05, 4.69) is 50.4 Å². The molecular formula is C15H25NO. The number of methoxy groups -OCH3 is 1. The van der Waals surface area contributed by atoms with Gasteiger partial charge in [0.05, 0.1) is 6.61 Å². The van der Waals surface area contributed by atoms with Gasteiger partial charge in [-0.1, -0.05) is 38.1 Å². The van der Waals surface area contributed by atoms with Crippen LogP contribution in [-0.2, 0) is 11.2 Å². The normalized spacial score (nSPS) is 14.6. The molecule has 2 unspecified atom stereocenters. The van der Waals surface area contributed by atoms with Crippen LogP contribution >= 0.6 is 0 Å². The lowest BCUT2D eigenvalue weighted by Gasteiger charge is -2.22. The van der Waals surface area contributed by atoms with Crippen molar-refractivity contribution in [3.05, 3.63) is 35.4 Å². The first-order valence-corrected chi connectivity index (χ1v) is 6.50. The van der Waals surface area contributed by atoms with Crippen molar-refractivity contribution in [1.82, 2.24) is 5.32 Å². The van der Waals surface area contributed by atoms with E-state index in [1.165, 1.54) is 11.1 Å². The first-order valence-electron chi connectivity index (χ1n) is 6.50. The predicted octanol–water partition coefficient (Wildman–Crippen LogP) is 2.98. The van der Waals surface area contributed by atoms with E-state index < -0.39 is 0 Å². The largest absolute Gasteiger partial charge is 0.383 e. The number of rotatable bonds is 7. The maximum Gasteiger partial charge on any atom is 0.0587 e. The van der Waals surface area contributed by atoms with E-state index in [0.717, 1.165) is 19.6 Å². The fourth-order valence-electron chi connectivity index (χ4n) is 1.91. The Morgan fingerprint density at radius 2 is 1.82 bits per heavy atom. The van der Waals surface area contributed by atoms with Gasteiger partial charge in [-0.05, 0) is 30.4 Å². The zero-order valence-corrected chi connectivity index (χ0v) is 11.5. The molecule has 96 valence electrons. The second-order valence-electron chi connectivity index (χ2n) is 4.62. The molecule has 2 atom stereocenters. The SMILES string of the molecule is CCc1ccc(C(C)C(C)NCCOC)cc1. The molecule has 0 aromatic heterocycles. The van der Waals surface area contributed by atoms with E-state index in [-0.39, 0.29) is 0 Å². The highest BCUT2D eigenvalue weighted by atomic mass is 16.5. The van der Waals surface area contributed by atoms with Gasteiger partial charge < -0.3 is 10.1 Å². The molecule has 0 fully saturated rings. The lowest BCUT2D eigenvalue weighted by molar-refractivity contribution is 0.195. The van der Waals surface area contributed by atoms with Crippen molar-refractivity contribution in [2.75, 3.05) is 20.3 Å². The van der Waals surface area contributed by atoms with Gasteiger partial charge in [0, 0.05) is 19.7 Å². The van der Waals surface area contributed by atoms with Gasteiger partial charge in [-0.3, -0.25) is 0 Å². The van der Waals surface area contributed by atoms with Gasteiger partial charge in [0.15, 0.2) is 0 Å². The lowest BCUT2D eigenvalue weighted by atomic mass is 9.93. The van der Waals surface area contributed by atoms with E-state index in [1.807, 2.05) is 0 Å². The average Bonchev–Trinajstić information content (AvgIpc) is 2.38. The summed E-state index contributed by atoms with van der Waals surface area (Å²) in [6, 6.07) is 9.43. The summed E-state index contributed by atoms with van der Waals surface area (Å²) in [6.07, 6.45) is 1.11. The molecule has 0 aliphatic heterocycles. The van der Waals surface area contributed by atoms with Crippen molar-refractivity contribution >= 4 is 0 Å². The molecule has 0 saturated heterocycles. The number of aryl methyl sites for hydroxylation is 1. The average molecular weight is 235 g/mol. The molecule has 0 saturated carbocycles. The van der Waals surface area contributed by atoms with E-state index in [4.69, 9.17) is 4.74 Å². The third-order valence-electron chi connectivity index (χ3n) is 3.44. The van der Waals surface area contributed by atoms with Gasteiger partial charge in [-0.15, -0.1) is 0 Å². The van der Waals surface area contributed by atoms with Crippen LogP contribution in [0.1, 0.15) is 37.8 Å². The Kier molecular flexibility index (Phi) is 6.23. The summed E-state index contributed by atoms with van der Waals surface area (Å²) >= 11 is 0. The van der Waals surface area contributed by atoms with Crippen LogP contribution in [0.2, 0.25) is 0 Å². The van der Waals surface area contributed by atoms with Gasteiger partial charge in [0.1, 0.15) is 0 Å². The third-order valence-corrected chi connectivity index (χ3v) is 3.44. The number of benzene rings is 1. The van der Waals surface area contributed by atoms with Gasteiger partial charge in [0.25, 0.3) is 0 Å². The number of hydrogen-bond donors (Lipinski definition) is 1. The summed E-state index contributed by atoms with van der Waals surface area (Å²) in [5.74, 6) is 0.526. The molecule has 1 aromatic carbocycles. The first-order chi connectivity index (χ1) is 8.19. The van der Waals surface area contributed by atoms with E-state index >= 15 is 0 Å². The first kappa shape index (κ1) is 14.2. The van der Waals surface area contributed by atoms with Crippen LogP contribution < -0.4 is 5.32 Å². The molecule has 0 bridgehead atoms. The summed E-state index contributed by atoms with van der Waals surface area (Å²) in [6.45, 7) is 8.37. The van der Waals surface area contributed by atoms with Crippen LogP contribution in [0.4, 0.5) is 0 Å². The van der Waals surface area contributed by atoms with Gasteiger partial charge >= 0.3 is 0 Å². The number of hydrogen-bond acceptors (Lipinski definition) is 2. The monoisotopic (exact) mass is 235 g/mol. The topological polar surface area (TPSA) is 21.3 Å². The molecule has 17 heavy (non-hydrogen) atoms. The van der Waals surface area contributed by atoms with Crippen molar-refractivity contribution < 1.29 is 4.74 Å².